The molecule has 0 aliphatic heterocycles. The van der Waals surface area contributed by atoms with E-state index in [9.17, 15) is 53.4 Å². The Morgan fingerprint density at radius 1 is 0.482 bits per heavy atom. The van der Waals surface area contributed by atoms with Crippen molar-refractivity contribution in [1.29, 1.82) is 0 Å². The van der Waals surface area contributed by atoms with Crippen LogP contribution in [0.2, 0.25) is 0 Å². The van der Waals surface area contributed by atoms with Crippen molar-refractivity contribution >= 4 is 53.5 Å². The summed E-state index contributed by atoms with van der Waals surface area (Å²) in [6, 6.07) is 5.62. The summed E-state index contributed by atoms with van der Waals surface area (Å²) in [6.07, 6.45) is -2.88. The van der Waals surface area contributed by atoms with Gasteiger partial charge in [-0.05, 0) is 52.0 Å². The molecule has 17 nitrogen and oxygen atoms in total. The monoisotopic (exact) mass is 778 g/mol. The van der Waals surface area contributed by atoms with Gasteiger partial charge in [0.15, 0.2) is 18.0 Å². The maximum absolute atomic E-state index is 13.6. The quantitative estimate of drug-likeness (QED) is 0.0838. The van der Waals surface area contributed by atoms with Crippen LogP contribution in [0.1, 0.15) is 85.0 Å². The third-order valence-electron chi connectivity index (χ3n) is 7.01. The first-order valence-corrected chi connectivity index (χ1v) is 16.2. The third-order valence-corrected chi connectivity index (χ3v) is 7.01. The molecule has 0 fully saturated rings. The molecule has 0 aliphatic carbocycles. The van der Waals surface area contributed by atoms with Crippen LogP contribution in [0.3, 0.4) is 0 Å². The average molecular weight is 779 g/mol. The molecule has 0 aliphatic rings. The van der Waals surface area contributed by atoms with E-state index in [4.69, 9.17) is 28.4 Å². The Morgan fingerprint density at radius 2 is 0.786 bits per heavy atom. The van der Waals surface area contributed by atoms with E-state index in [1.54, 1.807) is 0 Å². The fourth-order valence-corrected chi connectivity index (χ4v) is 4.08. The van der Waals surface area contributed by atoms with E-state index in [1.165, 1.54) is 27.7 Å². The number of ether oxygens (including phenoxy) is 6. The lowest BCUT2D eigenvalue weighted by Gasteiger charge is -2.19. The van der Waals surface area contributed by atoms with E-state index in [2.05, 4.69) is 26.3 Å². The molecule has 2 aromatic rings. The molecule has 0 radical (unpaired) electrons. The zero-order valence-electron chi connectivity index (χ0n) is 30.8. The number of carbonyl (C=O) groups excluding carboxylic acids is 7. The van der Waals surface area contributed by atoms with Crippen molar-refractivity contribution < 1.29 is 81.8 Å². The van der Waals surface area contributed by atoms with Crippen molar-refractivity contribution in [3.8, 4) is 0 Å². The van der Waals surface area contributed by atoms with Crippen molar-refractivity contribution in [2.75, 3.05) is 26.4 Å². The summed E-state index contributed by atoms with van der Waals surface area (Å²) in [5.41, 5.74) is -3.21. The molecule has 0 saturated heterocycles. The predicted molar refractivity (Wildman–Crippen MR) is 192 cm³/mol. The van der Waals surface area contributed by atoms with Crippen molar-refractivity contribution in [2.24, 2.45) is 0 Å². The van der Waals surface area contributed by atoms with Crippen molar-refractivity contribution in [3.05, 3.63) is 118 Å². The molecule has 2 aromatic carbocycles. The van der Waals surface area contributed by atoms with E-state index < -0.39 is 114 Å². The summed E-state index contributed by atoms with van der Waals surface area (Å²) >= 11 is 0. The molecule has 0 heterocycles. The third kappa shape index (κ3) is 13.0. The van der Waals surface area contributed by atoms with Crippen LogP contribution in [-0.2, 0) is 47.6 Å². The van der Waals surface area contributed by atoms with E-state index in [0.717, 1.165) is 36.4 Å². The normalized spacial score (nSPS) is 10.4. The first kappa shape index (κ1) is 45.0. The van der Waals surface area contributed by atoms with Gasteiger partial charge in [0.2, 0.25) is 0 Å². The van der Waals surface area contributed by atoms with Crippen LogP contribution >= 0.6 is 0 Å². The summed E-state index contributed by atoms with van der Waals surface area (Å²) in [7, 11) is 0. The fraction of sp³-hybridized carbons (Fsp3) is 0.256. The minimum atomic E-state index is -1.68. The number of carbonyl (C=O) groups is 9. The lowest BCUT2D eigenvalue weighted by Crippen LogP contribution is -2.31. The summed E-state index contributed by atoms with van der Waals surface area (Å²) in [5.74, 6) is -10.3. The van der Waals surface area contributed by atoms with Gasteiger partial charge in [0, 0.05) is 33.4 Å². The summed E-state index contributed by atoms with van der Waals surface area (Å²) in [6.45, 7) is 16.6. The van der Waals surface area contributed by atoms with Gasteiger partial charge in [0.1, 0.15) is 26.4 Å². The molecule has 0 amide bonds. The lowest BCUT2D eigenvalue weighted by molar-refractivity contribution is -0.149. The maximum Gasteiger partial charge on any atom is 0.339 e. The van der Waals surface area contributed by atoms with E-state index in [1.807, 2.05) is 0 Å². The molecule has 0 atom stereocenters. The Balaban J connectivity index is 2.46. The predicted octanol–water partition coefficient (Wildman–Crippen LogP) is 3.84. The highest BCUT2D eigenvalue weighted by Gasteiger charge is 2.28. The summed E-state index contributed by atoms with van der Waals surface area (Å²) < 4.78 is 30.6. The highest BCUT2D eigenvalue weighted by atomic mass is 16.6. The zero-order chi connectivity index (χ0) is 42.4. The highest BCUT2D eigenvalue weighted by molar-refractivity contribution is 6.13. The number of rotatable bonds is 20. The SMILES string of the molecule is C=C(C)C(=O)OCC(COC(=O)C(=C)C)OC(=O)c1ccc(C(=O)c2ccc(C(=O)O)c(C(=O)OC(COC(=O)C(=C)C)COC(=O)C(=C)C)c2)cc1C(=O)O. The van der Waals surface area contributed by atoms with Crippen LogP contribution < -0.4 is 0 Å². The minimum Gasteiger partial charge on any atom is -0.478 e. The van der Waals surface area contributed by atoms with Gasteiger partial charge in [0.05, 0.1) is 22.3 Å². The topological polar surface area (TPSA) is 249 Å². The van der Waals surface area contributed by atoms with Gasteiger partial charge in [0.25, 0.3) is 0 Å². The minimum absolute atomic E-state index is 0.00299. The Bertz CT molecular complexity index is 1960. The molecule has 2 N–H and O–H groups in total. The van der Waals surface area contributed by atoms with Crippen LogP contribution in [0.25, 0.3) is 0 Å². The lowest BCUT2D eigenvalue weighted by atomic mass is 9.95. The van der Waals surface area contributed by atoms with E-state index >= 15 is 0 Å². The highest BCUT2D eigenvalue weighted by Crippen LogP contribution is 2.22. The number of benzene rings is 2. The molecular weight excluding hydrogens is 740 g/mol. The smallest absolute Gasteiger partial charge is 0.339 e. The molecule has 0 aromatic heterocycles. The van der Waals surface area contributed by atoms with E-state index in [-0.39, 0.29) is 33.4 Å². The van der Waals surface area contributed by atoms with Gasteiger partial charge >= 0.3 is 47.8 Å². The van der Waals surface area contributed by atoms with E-state index in [0.29, 0.717) is 0 Å². The molecule has 0 spiro atoms. The Kier molecular flexibility index (Phi) is 16.3. The largest absolute Gasteiger partial charge is 0.478 e. The Morgan fingerprint density at radius 3 is 1.11 bits per heavy atom. The molecule has 56 heavy (non-hydrogen) atoms. The van der Waals surface area contributed by atoms with Crippen LogP contribution in [0.5, 0.6) is 0 Å². The van der Waals surface area contributed by atoms with Gasteiger partial charge in [-0.3, -0.25) is 4.79 Å². The number of carboxylic acids is 2. The molecule has 0 saturated carbocycles. The number of hydrogen-bond acceptors (Lipinski definition) is 15. The maximum atomic E-state index is 13.6. The molecular formula is C39H38O17. The first-order chi connectivity index (χ1) is 26.1. The second-order valence-electron chi connectivity index (χ2n) is 12.0. The second kappa shape index (κ2) is 20.3. The number of esters is 6. The van der Waals surface area contributed by atoms with Gasteiger partial charge in [-0.15, -0.1) is 0 Å². The number of carboxylic acid groups (broad SMARTS) is 2. The summed E-state index contributed by atoms with van der Waals surface area (Å²) in [5, 5.41) is 19.7. The molecule has 0 bridgehead atoms. The standard InChI is InChI=1S/C39H38O17/c1-19(2)34(45)51-15-25(16-52-35(46)20(3)4)55-38(49)28-12-10-23(13-29(28)33(43)44)31(40)24-9-11-27(32(41)42)30(14-24)39(50)56-26(17-53-36(47)21(5)6)18-54-37(48)22(7)8/h9-14,25-26H,1,3,5,7,15-18H2,2,4,6,8H3,(H,41,42)(H,43,44). The van der Waals surface area contributed by atoms with Crippen LogP contribution in [-0.4, -0.2) is 102 Å². The van der Waals surface area contributed by atoms with Crippen molar-refractivity contribution in [1.82, 2.24) is 0 Å². The van der Waals surface area contributed by atoms with Crippen molar-refractivity contribution in [3.63, 3.8) is 0 Å². The van der Waals surface area contributed by atoms with Gasteiger partial charge in [-0.1, -0.05) is 38.4 Å². The van der Waals surface area contributed by atoms with Crippen LogP contribution in [0.4, 0.5) is 0 Å². The second-order valence-corrected chi connectivity index (χ2v) is 12.0. The zero-order valence-corrected chi connectivity index (χ0v) is 30.8. The fourth-order valence-electron chi connectivity index (χ4n) is 4.08. The number of aromatic carboxylic acids is 2. The van der Waals surface area contributed by atoms with Gasteiger partial charge in [-0.2, -0.15) is 0 Å². The van der Waals surface area contributed by atoms with Gasteiger partial charge < -0.3 is 38.6 Å². The average Bonchev–Trinajstić information content (AvgIpc) is 3.14. The molecule has 17 heteroatoms. The molecule has 2 rings (SSSR count). The Hall–Kier alpha value is -7.17. The van der Waals surface area contributed by atoms with Crippen molar-refractivity contribution in [2.45, 2.75) is 39.9 Å². The molecule has 0 unspecified atom stereocenters. The Labute approximate surface area is 319 Å². The first-order valence-electron chi connectivity index (χ1n) is 16.2. The van der Waals surface area contributed by atoms with Crippen LogP contribution in [0.15, 0.2) is 85.0 Å². The summed E-state index contributed by atoms with van der Waals surface area (Å²) in [4.78, 5) is 112. The van der Waals surface area contributed by atoms with Crippen LogP contribution in [0, 0.1) is 0 Å². The molecule has 296 valence electrons. The van der Waals surface area contributed by atoms with Gasteiger partial charge in [-0.25, -0.2) is 38.4 Å². The number of ketones is 1. The number of hydrogen-bond donors (Lipinski definition) is 2.